The van der Waals surface area contributed by atoms with Gasteiger partial charge in [-0.25, -0.2) is 4.79 Å². The molecule has 4 heteroatoms. The predicted octanol–water partition coefficient (Wildman–Crippen LogP) is 3.91. The lowest BCUT2D eigenvalue weighted by molar-refractivity contribution is 0.0600. The van der Waals surface area contributed by atoms with Gasteiger partial charge in [0.15, 0.2) is 0 Å². The summed E-state index contributed by atoms with van der Waals surface area (Å²) in [5.41, 5.74) is 0.720. The molecular weight excluding hydrogens is 308 g/mol. The first kappa shape index (κ1) is 16.0. The zero-order valence-electron chi connectivity index (χ0n) is 11.9. The fourth-order valence-corrected chi connectivity index (χ4v) is 2.69. The molecule has 0 aliphatic rings. The van der Waals surface area contributed by atoms with Gasteiger partial charge in [-0.05, 0) is 29.7 Å². The van der Waals surface area contributed by atoms with Crippen LogP contribution in [0.1, 0.15) is 31.1 Å². The monoisotopic (exact) mass is 328 g/mol. The number of benzene rings is 1. The molecule has 1 aromatic rings. The standard InChI is InChI=1S/C15H21BrO3/c1-15(2,3)12(9-16)10-19-13-7-5-11(6-8-13)14(17)18-4/h5-8,12H,9-10H2,1-4H3. The summed E-state index contributed by atoms with van der Waals surface area (Å²) in [6, 6.07) is 7.00. The van der Waals surface area contributed by atoms with Crippen LogP contribution in [-0.2, 0) is 4.74 Å². The third-order valence-electron chi connectivity index (χ3n) is 3.14. The Morgan fingerprint density at radius 3 is 2.26 bits per heavy atom. The fraction of sp³-hybridized carbons (Fsp3) is 0.533. The van der Waals surface area contributed by atoms with Crippen molar-refractivity contribution in [3.05, 3.63) is 29.8 Å². The van der Waals surface area contributed by atoms with Gasteiger partial charge in [-0.3, -0.25) is 0 Å². The Morgan fingerprint density at radius 2 is 1.84 bits per heavy atom. The van der Waals surface area contributed by atoms with E-state index >= 15 is 0 Å². The molecule has 1 rings (SSSR count). The van der Waals surface area contributed by atoms with Crippen molar-refractivity contribution in [3.8, 4) is 5.75 Å². The van der Waals surface area contributed by atoms with Gasteiger partial charge >= 0.3 is 5.97 Å². The molecule has 0 fully saturated rings. The molecule has 1 unspecified atom stereocenters. The van der Waals surface area contributed by atoms with Crippen molar-refractivity contribution in [1.82, 2.24) is 0 Å². The number of methoxy groups -OCH3 is 1. The van der Waals surface area contributed by atoms with E-state index < -0.39 is 0 Å². The highest BCUT2D eigenvalue weighted by atomic mass is 79.9. The minimum Gasteiger partial charge on any atom is -0.493 e. The number of hydrogen-bond donors (Lipinski definition) is 0. The van der Waals surface area contributed by atoms with E-state index in [-0.39, 0.29) is 11.4 Å². The molecule has 0 saturated carbocycles. The van der Waals surface area contributed by atoms with Gasteiger partial charge in [-0.2, -0.15) is 0 Å². The molecule has 0 radical (unpaired) electrons. The molecule has 0 spiro atoms. The van der Waals surface area contributed by atoms with E-state index in [1.54, 1.807) is 24.3 Å². The highest BCUT2D eigenvalue weighted by Crippen LogP contribution is 2.28. The van der Waals surface area contributed by atoms with Gasteiger partial charge in [0.05, 0.1) is 19.3 Å². The summed E-state index contributed by atoms with van der Waals surface area (Å²) in [5.74, 6) is 0.857. The maximum atomic E-state index is 11.3. The van der Waals surface area contributed by atoms with E-state index in [2.05, 4.69) is 41.4 Å². The molecular formula is C15H21BrO3. The first-order chi connectivity index (χ1) is 8.88. The average Bonchev–Trinajstić information content (AvgIpc) is 2.37. The largest absolute Gasteiger partial charge is 0.493 e. The summed E-state index contributed by atoms with van der Waals surface area (Å²) < 4.78 is 10.4. The second kappa shape index (κ2) is 6.94. The van der Waals surface area contributed by atoms with Gasteiger partial charge in [0.25, 0.3) is 0 Å². The molecule has 19 heavy (non-hydrogen) atoms. The number of carbonyl (C=O) groups is 1. The van der Waals surface area contributed by atoms with Crippen LogP contribution in [0.25, 0.3) is 0 Å². The summed E-state index contributed by atoms with van der Waals surface area (Å²) in [5, 5.41) is 0.900. The zero-order chi connectivity index (χ0) is 14.5. The van der Waals surface area contributed by atoms with Crippen LogP contribution in [-0.4, -0.2) is 25.0 Å². The molecule has 0 aliphatic carbocycles. The summed E-state index contributed by atoms with van der Waals surface area (Å²) in [6.45, 7) is 7.24. The van der Waals surface area contributed by atoms with Crippen LogP contribution in [0.4, 0.5) is 0 Å². The number of carbonyl (C=O) groups excluding carboxylic acids is 1. The summed E-state index contributed by atoms with van der Waals surface area (Å²) >= 11 is 3.52. The molecule has 0 aromatic heterocycles. The van der Waals surface area contributed by atoms with E-state index in [1.165, 1.54) is 7.11 Å². The third kappa shape index (κ3) is 4.86. The lowest BCUT2D eigenvalue weighted by atomic mass is 9.83. The number of halogens is 1. The van der Waals surface area contributed by atoms with Crippen LogP contribution < -0.4 is 4.74 Å². The SMILES string of the molecule is COC(=O)c1ccc(OCC(CBr)C(C)(C)C)cc1. The fourth-order valence-electron chi connectivity index (χ4n) is 1.53. The Kier molecular flexibility index (Phi) is 5.85. The minimum atomic E-state index is -0.334. The summed E-state index contributed by atoms with van der Waals surface area (Å²) in [7, 11) is 1.37. The summed E-state index contributed by atoms with van der Waals surface area (Å²) in [6.07, 6.45) is 0. The Hall–Kier alpha value is -1.03. The molecule has 0 bridgehead atoms. The molecule has 0 amide bonds. The van der Waals surface area contributed by atoms with Gasteiger partial charge in [0.1, 0.15) is 5.75 Å². The maximum Gasteiger partial charge on any atom is 0.337 e. The average molecular weight is 329 g/mol. The second-order valence-electron chi connectivity index (χ2n) is 5.54. The van der Waals surface area contributed by atoms with Crippen LogP contribution in [0, 0.1) is 11.3 Å². The highest BCUT2D eigenvalue weighted by Gasteiger charge is 2.24. The van der Waals surface area contributed by atoms with Crippen LogP contribution in [0.3, 0.4) is 0 Å². The van der Waals surface area contributed by atoms with Crippen LogP contribution in [0.2, 0.25) is 0 Å². The van der Waals surface area contributed by atoms with Crippen molar-refractivity contribution in [2.45, 2.75) is 20.8 Å². The van der Waals surface area contributed by atoms with E-state index in [4.69, 9.17) is 4.74 Å². The minimum absolute atomic E-state index is 0.190. The molecule has 106 valence electrons. The molecule has 0 aliphatic heterocycles. The van der Waals surface area contributed by atoms with Crippen molar-refractivity contribution < 1.29 is 14.3 Å². The molecule has 3 nitrogen and oxygen atoms in total. The molecule has 1 aromatic carbocycles. The Bertz CT molecular complexity index is 406. The van der Waals surface area contributed by atoms with Gasteiger partial charge in [-0.15, -0.1) is 0 Å². The normalized spacial score (nSPS) is 12.9. The topological polar surface area (TPSA) is 35.5 Å². The first-order valence-electron chi connectivity index (χ1n) is 6.25. The van der Waals surface area contributed by atoms with Crippen molar-refractivity contribution in [2.75, 3.05) is 19.0 Å². The van der Waals surface area contributed by atoms with Crippen LogP contribution >= 0.6 is 15.9 Å². The van der Waals surface area contributed by atoms with Crippen molar-refractivity contribution >= 4 is 21.9 Å². The molecule has 1 atom stereocenters. The van der Waals surface area contributed by atoms with Gasteiger partial charge < -0.3 is 9.47 Å². The van der Waals surface area contributed by atoms with Crippen molar-refractivity contribution in [1.29, 1.82) is 0 Å². The highest BCUT2D eigenvalue weighted by molar-refractivity contribution is 9.09. The Labute approximate surface area is 123 Å². The summed E-state index contributed by atoms with van der Waals surface area (Å²) in [4.78, 5) is 11.3. The lowest BCUT2D eigenvalue weighted by Crippen LogP contribution is -2.27. The smallest absolute Gasteiger partial charge is 0.337 e. The van der Waals surface area contributed by atoms with Crippen molar-refractivity contribution in [3.63, 3.8) is 0 Å². The van der Waals surface area contributed by atoms with E-state index in [9.17, 15) is 4.79 Å². The van der Waals surface area contributed by atoms with E-state index in [0.29, 0.717) is 18.1 Å². The Morgan fingerprint density at radius 1 is 1.26 bits per heavy atom. The first-order valence-corrected chi connectivity index (χ1v) is 7.37. The molecule has 0 saturated heterocycles. The molecule has 0 N–H and O–H groups in total. The van der Waals surface area contributed by atoms with Crippen molar-refractivity contribution in [2.24, 2.45) is 11.3 Å². The predicted molar refractivity (Wildman–Crippen MR) is 80.0 cm³/mol. The number of ether oxygens (including phenoxy) is 2. The molecule has 0 heterocycles. The Balaban J connectivity index is 2.61. The van der Waals surface area contributed by atoms with E-state index in [0.717, 1.165) is 11.1 Å². The van der Waals surface area contributed by atoms with Crippen LogP contribution in [0.5, 0.6) is 5.75 Å². The van der Waals surface area contributed by atoms with E-state index in [1.807, 2.05) is 0 Å². The lowest BCUT2D eigenvalue weighted by Gasteiger charge is -2.28. The number of esters is 1. The van der Waals surface area contributed by atoms with Gasteiger partial charge in [0.2, 0.25) is 0 Å². The quantitative estimate of drug-likeness (QED) is 0.607. The number of rotatable bonds is 5. The van der Waals surface area contributed by atoms with Crippen LogP contribution in [0.15, 0.2) is 24.3 Å². The number of hydrogen-bond acceptors (Lipinski definition) is 3. The number of alkyl halides is 1. The second-order valence-corrected chi connectivity index (χ2v) is 6.19. The van der Waals surface area contributed by atoms with Gasteiger partial charge in [0, 0.05) is 11.2 Å². The van der Waals surface area contributed by atoms with Gasteiger partial charge in [-0.1, -0.05) is 36.7 Å². The maximum absolute atomic E-state index is 11.3. The zero-order valence-corrected chi connectivity index (χ0v) is 13.5. The third-order valence-corrected chi connectivity index (χ3v) is 3.92.